The molecule has 0 aliphatic heterocycles. The highest BCUT2D eigenvalue weighted by Crippen LogP contribution is 2.19. The number of rotatable bonds is 18. The smallest absolute Gasteiger partial charge is 0.0641 e. The van der Waals surface area contributed by atoms with Gasteiger partial charge in [0.25, 0.3) is 0 Å². The molecule has 0 rings (SSSR count). The van der Waals surface area contributed by atoms with Crippen LogP contribution >= 0.6 is 0 Å². The summed E-state index contributed by atoms with van der Waals surface area (Å²) >= 11 is 0. The molecule has 0 amide bonds. The molecule has 3 nitrogen and oxygen atoms in total. The Morgan fingerprint density at radius 2 is 0.826 bits per heavy atom. The molecule has 0 saturated carbocycles. The first-order valence-corrected chi connectivity index (χ1v) is 10.1. The van der Waals surface area contributed by atoms with Crippen LogP contribution < -0.4 is 0 Å². The van der Waals surface area contributed by atoms with E-state index in [1.165, 1.54) is 77.0 Å². The van der Waals surface area contributed by atoms with E-state index in [9.17, 15) is 5.11 Å². The van der Waals surface area contributed by atoms with Gasteiger partial charge in [0.1, 0.15) is 0 Å². The van der Waals surface area contributed by atoms with E-state index in [1.54, 1.807) is 0 Å². The van der Waals surface area contributed by atoms with Gasteiger partial charge in [0.2, 0.25) is 0 Å². The summed E-state index contributed by atoms with van der Waals surface area (Å²) in [5.74, 6) is 0. The molecular weight excluding hydrogens is 288 g/mol. The lowest BCUT2D eigenvalue weighted by atomic mass is 9.94. The van der Waals surface area contributed by atoms with Crippen molar-refractivity contribution in [3.05, 3.63) is 0 Å². The summed E-state index contributed by atoms with van der Waals surface area (Å²) < 4.78 is 0. The van der Waals surface area contributed by atoms with Crippen molar-refractivity contribution >= 4 is 0 Å². The van der Waals surface area contributed by atoms with Crippen molar-refractivity contribution in [1.82, 2.24) is 0 Å². The van der Waals surface area contributed by atoms with Gasteiger partial charge in [0.05, 0.1) is 5.60 Å². The second-order valence-corrected chi connectivity index (χ2v) is 7.39. The molecule has 1 atom stereocenters. The minimum Gasteiger partial charge on any atom is -0.396 e. The van der Waals surface area contributed by atoms with Crippen molar-refractivity contribution in [2.24, 2.45) is 0 Å². The SMILES string of the molecule is CC(O)(CCO)CCCCCCCCCCCCCCCCO. The Hall–Kier alpha value is -0.120. The van der Waals surface area contributed by atoms with Gasteiger partial charge in [-0.05, 0) is 26.2 Å². The first-order valence-electron chi connectivity index (χ1n) is 10.1. The number of aliphatic hydroxyl groups excluding tert-OH is 2. The van der Waals surface area contributed by atoms with Crippen LogP contribution in [0.1, 0.15) is 110 Å². The molecule has 140 valence electrons. The maximum absolute atomic E-state index is 9.95. The van der Waals surface area contributed by atoms with Crippen molar-refractivity contribution in [3.63, 3.8) is 0 Å². The van der Waals surface area contributed by atoms with Gasteiger partial charge in [0, 0.05) is 13.2 Å². The summed E-state index contributed by atoms with van der Waals surface area (Å²) in [5, 5.41) is 27.5. The first kappa shape index (κ1) is 22.9. The minimum atomic E-state index is -0.674. The average Bonchev–Trinajstić information content (AvgIpc) is 2.51. The van der Waals surface area contributed by atoms with Gasteiger partial charge < -0.3 is 15.3 Å². The van der Waals surface area contributed by atoms with E-state index in [2.05, 4.69) is 0 Å². The standard InChI is InChI=1S/C20H42O3/c1-20(23,17-19-22)16-14-12-10-8-6-4-2-3-5-7-9-11-13-15-18-21/h21-23H,2-19H2,1H3. The zero-order chi connectivity index (χ0) is 17.2. The molecule has 0 bridgehead atoms. The fourth-order valence-electron chi connectivity index (χ4n) is 3.10. The molecule has 3 heteroatoms. The van der Waals surface area contributed by atoms with Crippen LogP contribution in [0.2, 0.25) is 0 Å². The molecule has 1 unspecified atom stereocenters. The predicted molar refractivity (Wildman–Crippen MR) is 98.7 cm³/mol. The van der Waals surface area contributed by atoms with Gasteiger partial charge in [-0.2, -0.15) is 0 Å². The van der Waals surface area contributed by atoms with E-state index in [0.717, 1.165) is 19.3 Å². The van der Waals surface area contributed by atoms with Crippen molar-refractivity contribution in [1.29, 1.82) is 0 Å². The second kappa shape index (κ2) is 16.7. The van der Waals surface area contributed by atoms with Crippen LogP contribution in [-0.4, -0.2) is 34.1 Å². The molecule has 0 aromatic carbocycles. The van der Waals surface area contributed by atoms with E-state index in [-0.39, 0.29) is 6.61 Å². The molecule has 0 fully saturated rings. The van der Waals surface area contributed by atoms with Gasteiger partial charge in [-0.1, -0.05) is 83.5 Å². The fourth-order valence-corrected chi connectivity index (χ4v) is 3.10. The van der Waals surface area contributed by atoms with Gasteiger partial charge in [-0.25, -0.2) is 0 Å². The summed E-state index contributed by atoms with van der Waals surface area (Å²) in [6.07, 6.45) is 19.2. The fraction of sp³-hybridized carbons (Fsp3) is 1.00. The molecular formula is C20H42O3. The lowest BCUT2D eigenvalue weighted by Gasteiger charge is -2.21. The van der Waals surface area contributed by atoms with E-state index < -0.39 is 5.60 Å². The van der Waals surface area contributed by atoms with Crippen molar-refractivity contribution in [2.75, 3.05) is 13.2 Å². The lowest BCUT2D eigenvalue weighted by Crippen LogP contribution is -2.25. The molecule has 23 heavy (non-hydrogen) atoms. The molecule has 0 spiro atoms. The van der Waals surface area contributed by atoms with Crippen LogP contribution in [0.3, 0.4) is 0 Å². The molecule has 0 saturated heterocycles. The van der Waals surface area contributed by atoms with Gasteiger partial charge >= 0.3 is 0 Å². The third-order valence-corrected chi connectivity index (χ3v) is 4.77. The average molecular weight is 331 g/mol. The summed E-state index contributed by atoms with van der Waals surface area (Å²) in [6, 6.07) is 0. The summed E-state index contributed by atoms with van der Waals surface area (Å²) in [6.45, 7) is 2.26. The molecule has 0 radical (unpaired) electrons. The normalized spacial score (nSPS) is 14.1. The van der Waals surface area contributed by atoms with E-state index in [4.69, 9.17) is 10.2 Å². The van der Waals surface area contributed by atoms with Gasteiger partial charge in [-0.15, -0.1) is 0 Å². The Bertz CT molecular complexity index is 229. The first-order chi connectivity index (χ1) is 11.1. The summed E-state index contributed by atoms with van der Waals surface area (Å²) in [5.41, 5.74) is -0.674. The van der Waals surface area contributed by atoms with Crippen LogP contribution in [-0.2, 0) is 0 Å². The zero-order valence-corrected chi connectivity index (χ0v) is 15.6. The van der Waals surface area contributed by atoms with E-state index >= 15 is 0 Å². The number of unbranched alkanes of at least 4 members (excludes halogenated alkanes) is 13. The van der Waals surface area contributed by atoms with Crippen molar-refractivity contribution in [3.8, 4) is 0 Å². The zero-order valence-electron chi connectivity index (χ0n) is 15.6. The Labute approximate surface area is 144 Å². The monoisotopic (exact) mass is 330 g/mol. The quantitative estimate of drug-likeness (QED) is 0.311. The Balaban J connectivity index is 3.11. The molecule has 0 aliphatic carbocycles. The topological polar surface area (TPSA) is 60.7 Å². The third-order valence-electron chi connectivity index (χ3n) is 4.77. The highest BCUT2D eigenvalue weighted by atomic mass is 16.3. The highest BCUT2D eigenvalue weighted by Gasteiger charge is 2.18. The van der Waals surface area contributed by atoms with Crippen molar-refractivity contribution < 1.29 is 15.3 Å². The Kier molecular flexibility index (Phi) is 16.6. The minimum absolute atomic E-state index is 0.0790. The van der Waals surface area contributed by atoms with Gasteiger partial charge in [0.15, 0.2) is 0 Å². The highest BCUT2D eigenvalue weighted by molar-refractivity contribution is 4.71. The van der Waals surface area contributed by atoms with Crippen LogP contribution in [0.15, 0.2) is 0 Å². The lowest BCUT2D eigenvalue weighted by molar-refractivity contribution is 0.0232. The van der Waals surface area contributed by atoms with Crippen LogP contribution in [0, 0.1) is 0 Å². The van der Waals surface area contributed by atoms with Crippen LogP contribution in [0.5, 0.6) is 0 Å². The van der Waals surface area contributed by atoms with Crippen LogP contribution in [0.25, 0.3) is 0 Å². The van der Waals surface area contributed by atoms with E-state index in [1.807, 2.05) is 6.92 Å². The summed E-state index contributed by atoms with van der Waals surface area (Å²) in [4.78, 5) is 0. The maximum atomic E-state index is 9.95. The third kappa shape index (κ3) is 18.1. The second-order valence-electron chi connectivity index (χ2n) is 7.39. The molecule has 0 heterocycles. The maximum Gasteiger partial charge on any atom is 0.0641 e. The molecule has 0 aliphatic rings. The van der Waals surface area contributed by atoms with E-state index in [0.29, 0.717) is 13.0 Å². The predicted octanol–water partition coefficient (Wildman–Crippen LogP) is 4.96. The Morgan fingerprint density at radius 3 is 1.17 bits per heavy atom. The van der Waals surface area contributed by atoms with Crippen LogP contribution in [0.4, 0.5) is 0 Å². The summed E-state index contributed by atoms with van der Waals surface area (Å²) in [7, 11) is 0. The molecule has 0 aromatic heterocycles. The van der Waals surface area contributed by atoms with Crippen molar-refractivity contribution in [2.45, 2.75) is 115 Å². The largest absolute Gasteiger partial charge is 0.396 e. The molecule has 0 aromatic rings. The number of hydrogen-bond acceptors (Lipinski definition) is 3. The van der Waals surface area contributed by atoms with Gasteiger partial charge in [-0.3, -0.25) is 0 Å². The number of hydrogen-bond donors (Lipinski definition) is 3. The Morgan fingerprint density at radius 1 is 0.478 bits per heavy atom. The number of aliphatic hydroxyl groups is 3. The molecule has 3 N–H and O–H groups in total.